The molecule has 0 atom stereocenters. The maximum Gasteiger partial charge on any atom is 0.326 e. The molecule has 7 heteroatoms. The Morgan fingerprint density at radius 1 is 0.806 bits per heavy atom. The lowest BCUT2D eigenvalue weighted by Crippen LogP contribution is -2.36. The number of aliphatic carboxylic acids is 1. The highest BCUT2D eigenvalue weighted by molar-refractivity contribution is 6.33. The highest BCUT2D eigenvalue weighted by atomic mass is 35.5. The molecule has 4 aliphatic carbocycles. The Labute approximate surface area is 224 Å². The topological polar surface area (TPSA) is 119 Å². The lowest BCUT2D eigenvalue weighted by molar-refractivity contribution is -0.148. The Balaban J connectivity index is 0.000000294. The van der Waals surface area contributed by atoms with Crippen LogP contribution in [0.2, 0.25) is 0 Å². The van der Waals surface area contributed by atoms with Gasteiger partial charge in [-0.15, -0.1) is 11.6 Å². The fraction of sp³-hybridized carbons (Fsp3) is 0.931. The summed E-state index contributed by atoms with van der Waals surface area (Å²) in [6.07, 6.45) is 19.2. The van der Waals surface area contributed by atoms with Crippen LogP contribution < -0.4 is 6.15 Å². The minimum Gasteiger partial charge on any atom is -0.481 e. The highest BCUT2D eigenvalue weighted by Crippen LogP contribution is 2.53. The van der Waals surface area contributed by atoms with Crippen LogP contribution >= 0.6 is 11.6 Å². The normalized spacial score (nSPS) is 24.5. The Morgan fingerprint density at radius 2 is 1.17 bits per heavy atom. The summed E-state index contributed by atoms with van der Waals surface area (Å²) < 4.78 is 5.29. The van der Waals surface area contributed by atoms with Crippen molar-refractivity contribution >= 4 is 23.5 Å². The number of carboxylic acid groups (broad SMARTS) is 1. The molecule has 0 aliphatic heterocycles. The van der Waals surface area contributed by atoms with Gasteiger partial charge in [-0.1, -0.05) is 12.8 Å². The predicted octanol–water partition coefficient (Wildman–Crippen LogP) is 7.53. The van der Waals surface area contributed by atoms with Crippen molar-refractivity contribution in [2.75, 3.05) is 13.2 Å². The lowest BCUT2D eigenvalue weighted by atomic mass is 9.59. The van der Waals surface area contributed by atoms with Crippen molar-refractivity contribution in [3.05, 3.63) is 0 Å². The number of hydrogen-bond acceptors (Lipinski definition) is 5. The number of aliphatic hydroxyl groups is 1. The second-order valence-corrected chi connectivity index (χ2v) is 14.3. The average molecular weight is 532 g/mol. The fourth-order valence-electron chi connectivity index (χ4n) is 5.65. The number of carbonyl (C=O) groups is 2. The van der Waals surface area contributed by atoms with Crippen LogP contribution in [0, 0.1) is 28.1 Å². The zero-order valence-electron chi connectivity index (χ0n) is 23.7. The maximum atomic E-state index is 11.5. The molecule has 0 radical (unpaired) electrons. The van der Waals surface area contributed by atoms with Gasteiger partial charge in [-0.3, -0.25) is 9.59 Å². The van der Waals surface area contributed by atoms with Gasteiger partial charge in [0.2, 0.25) is 0 Å². The summed E-state index contributed by atoms with van der Waals surface area (Å²) >= 11 is 5.90. The molecular weight excluding hydrogens is 478 g/mol. The first-order valence-electron chi connectivity index (χ1n) is 13.9. The number of rotatable bonds is 4. The number of aliphatic hydroxyl groups excluding tert-OH is 1. The van der Waals surface area contributed by atoms with Crippen molar-refractivity contribution in [3.8, 4) is 0 Å². The SMILES string of the molecule is CC(C)(C)C(=O)O.CC(C)(Cl)C(=O)OCC1CCC2(CCC2)CC1.N.OCC1CCC2(CCC2)CC1. The van der Waals surface area contributed by atoms with Crippen molar-refractivity contribution in [2.45, 2.75) is 129 Å². The van der Waals surface area contributed by atoms with Gasteiger partial charge in [-0.05, 0) is 134 Å². The third kappa shape index (κ3) is 10.1. The van der Waals surface area contributed by atoms with Crippen LogP contribution in [0.25, 0.3) is 0 Å². The molecule has 0 heterocycles. The Hall–Kier alpha value is -0.850. The molecule has 0 saturated heterocycles. The standard InChI is InChI=1S/C14H23ClO2.C10H18O.C5H10O2.H3N/c1-13(2,15)12(16)17-10-11-4-8-14(9-5-11)6-3-7-14;11-8-9-2-6-10(7-3-9)4-1-5-10;1-5(2,3)4(6)7;/h11H,3-10H2,1-2H3;9,11H,1-8H2;1-3H3,(H,6,7);1H3. The number of halogens is 1. The number of carbonyl (C=O) groups excluding carboxylic acids is 1. The smallest absolute Gasteiger partial charge is 0.326 e. The van der Waals surface area contributed by atoms with Crippen LogP contribution in [-0.2, 0) is 14.3 Å². The van der Waals surface area contributed by atoms with Gasteiger partial charge >= 0.3 is 11.9 Å². The van der Waals surface area contributed by atoms with Crippen LogP contribution in [0.15, 0.2) is 0 Å². The van der Waals surface area contributed by atoms with Crippen LogP contribution in [0.3, 0.4) is 0 Å². The minimum absolute atomic E-state index is 0. The van der Waals surface area contributed by atoms with E-state index in [0.717, 1.165) is 5.41 Å². The summed E-state index contributed by atoms with van der Waals surface area (Å²) in [5, 5.41) is 17.2. The summed E-state index contributed by atoms with van der Waals surface area (Å²) in [7, 11) is 0. The molecule has 4 rings (SSSR count). The molecular formula is C29H54ClNO5. The first-order valence-corrected chi connectivity index (χ1v) is 14.3. The molecule has 0 bridgehead atoms. The number of alkyl halides is 1. The monoisotopic (exact) mass is 531 g/mol. The largest absolute Gasteiger partial charge is 0.481 e. The summed E-state index contributed by atoms with van der Waals surface area (Å²) in [5.74, 6) is 0.154. The molecule has 4 saturated carbocycles. The quantitative estimate of drug-likeness (QED) is 0.255. The van der Waals surface area contributed by atoms with Crippen LogP contribution in [0.4, 0.5) is 0 Å². The molecule has 212 valence electrons. The first-order chi connectivity index (χ1) is 16.2. The fourth-order valence-corrected chi connectivity index (χ4v) is 5.70. The maximum absolute atomic E-state index is 11.5. The van der Waals surface area contributed by atoms with Gasteiger partial charge in [0, 0.05) is 6.61 Å². The molecule has 0 aromatic carbocycles. The molecule has 4 fully saturated rings. The van der Waals surface area contributed by atoms with E-state index in [1.807, 2.05) is 0 Å². The van der Waals surface area contributed by atoms with Crippen LogP contribution in [0.5, 0.6) is 0 Å². The molecule has 0 aromatic heterocycles. The summed E-state index contributed by atoms with van der Waals surface area (Å²) in [6.45, 7) is 9.34. The molecule has 0 amide bonds. The van der Waals surface area contributed by atoms with E-state index < -0.39 is 16.3 Å². The average Bonchev–Trinajstić information content (AvgIpc) is 2.75. The Kier molecular flexibility index (Phi) is 12.7. The van der Waals surface area contributed by atoms with Gasteiger partial charge in [0.25, 0.3) is 0 Å². The second-order valence-electron chi connectivity index (χ2n) is 13.4. The van der Waals surface area contributed by atoms with Crippen LogP contribution in [-0.4, -0.2) is 40.2 Å². The Bertz CT molecular complexity index is 669. The third-order valence-electron chi connectivity index (χ3n) is 9.00. The third-order valence-corrected chi connectivity index (χ3v) is 9.15. The van der Waals surface area contributed by atoms with E-state index in [1.54, 1.807) is 34.6 Å². The lowest BCUT2D eigenvalue weighted by Gasteiger charge is -2.47. The van der Waals surface area contributed by atoms with E-state index in [9.17, 15) is 9.59 Å². The van der Waals surface area contributed by atoms with E-state index in [2.05, 4.69) is 0 Å². The van der Waals surface area contributed by atoms with E-state index >= 15 is 0 Å². The summed E-state index contributed by atoms with van der Waals surface area (Å²) in [4.78, 5) is 20.7. The van der Waals surface area contributed by atoms with E-state index in [-0.39, 0.29) is 12.1 Å². The van der Waals surface area contributed by atoms with Gasteiger partial charge in [0.05, 0.1) is 12.0 Å². The van der Waals surface area contributed by atoms with Crippen LogP contribution in [0.1, 0.15) is 125 Å². The van der Waals surface area contributed by atoms with Gasteiger partial charge in [-0.2, -0.15) is 0 Å². The highest BCUT2D eigenvalue weighted by Gasteiger charge is 2.41. The zero-order valence-corrected chi connectivity index (χ0v) is 24.4. The van der Waals surface area contributed by atoms with Crippen molar-refractivity contribution in [1.82, 2.24) is 6.15 Å². The molecule has 6 nitrogen and oxygen atoms in total. The van der Waals surface area contributed by atoms with Gasteiger partial charge in [0.1, 0.15) is 4.87 Å². The predicted molar refractivity (Wildman–Crippen MR) is 147 cm³/mol. The number of esters is 1. The van der Waals surface area contributed by atoms with E-state index in [4.69, 9.17) is 26.6 Å². The molecule has 5 N–H and O–H groups in total. The van der Waals surface area contributed by atoms with Crippen molar-refractivity contribution in [2.24, 2.45) is 28.1 Å². The number of hydrogen-bond donors (Lipinski definition) is 3. The molecule has 0 aromatic rings. The van der Waals surface area contributed by atoms with E-state index in [1.165, 1.54) is 89.9 Å². The van der Waals surface area contributed by atoms with Gasteiger partial charge < -0.3 is 21.1 Å². The van der Waals surface area contributed by atoms with Gasteiger partial charge in [-0.25, -0.2) is 0 Å². The molecule has 36 heavy (non-hydrogen) atoms. The number of carboxylic acids is 1. The van der Waals surface area contributed by atoms with E-state index in [0.29, 0.717) is 30.5 Å². The minimum atomic E-state index is -0.885. The molecule has 0 unspecified atom stereocenters. The van der Waals surface area contributed by atoms with Gasteiger partial charge in [0.15, 0.2) is 0 Å². The Morgan fingerprint density at radius 3 is 1.42 bits per heavy atom. The molecule has 2 spiro atoms. The molecule has 4 aliphatic rings. The zero-order chi connectivity index (χ0) is 26.3. The first kappa shape index (κ1) is 33.2. The summed E-state index contributed by atoms with van der Waals surface area (Å²) in [6, 6.07) is 0. The van der Waals surface area contributed by atoms with Crippen molar-refractivity contribution in [3.63, 3.8) is 0 Å². The van der Waals surface area contributed by atoms with Crippen molar-refractivity contribution in [1.29, 1.82) is 0 Å². The summed E-state index contributed by atoms with van der Waals surface area (Å²) in [5.41, 5.74) is 0.873. The number of ether oxygens (including phenoxy) is 1. The van der Waals surface area contributed by atoms with Crippen molar-refractivity contribution < 1.29 is 24.5 Å². The second kappa shape index (κ2) is 13.8.